The van der Waals surface area contributed by atoms with Crippen molar-refractivity contribution in [1.82, 2.24) is 9.80 Å². The van der Waals surface area contributed by atoms with Gasteiger partial charge >= 0.3 is 0 Å². The SMILES string of the molecule is CCN1CCN(C(=O)Cc2coc3cc(C)ccc23)CC1. The number of rotatable bonds is 3. The van der Waals surface area contributed by atoms with Gasteiger partial charge in [-0.3, -0.25) is 4.79 Å². The van der Waals surface area contributed by atoms with E-state index in [1.807, 2.05) is 24.0 Å². The second-order valence-electron chi connectivity index (χ2n) is 5.75. The highest BCUT2D eigenvalue weighted by molar-refractivity contribution is 5.88. The van der Waals surface area contributed by atoms with Crippen LogP contribution in [-0.2, 0) is 11.2 Å². The van der Waals surface area contributed by atoms with Crippen molar-refractivity contribution in [3.63, 3.8) is 0 Å². The molecular weight excluding hydrogens is 264 g/mol. The average Bonchev–Trinajstić information content (AvgIpc) is 2.89. The predicted octanol–water partition coefficient (Wildman–Crippen LogP) is 2.45. The van der Waals surface area contributed by atoms with Crippen molar-refractivity contribution in [2.75, 3.05) is 32.7 Å². The number of benzene rings is 1. The summed E-state index contributed by atoms with van der Waals surface area (Å²) in [7, 11) is 0. The molecule has 1 aromatic carbocycles. The molecule has 4 heteroatoms. The van der Waals surface area contributed by atoms with Crippen LogP contribution in [0.5, 0.6) is 0 Å². The maximum atomic E-state index is 12.4. The molecule has 3 rings (SSSR count). The lowest BCUT2D eigenvalue weighted by Crippen LogP contribution is -2.48. The van der Waals surface area contributed by atoms with Crippen molar-refractivity contribution in [2.24, 2.45) is 0 Å². The Bertz CT molecular complexity index is 639. The monoisotopic (exact) mass is 286 g/mol. The van der Waals surface area contributed by atoms with Gasteiger partial charge in [0.05, 0.1) is 12.7 Å². The molecule has 112 valence electrons. The minimum atomic E-state index is 0.203. The zero-order valence-electron chi connectivity index (χ0n) is 12.8. The van der Waals surface area contributed by atoms with Crippen molar-refractivity contribution in [1.29, 1.82) is 0 Å². The van der Waals surface area contributed by atoms with E-state index in [0.29, 0.717) is 6.42 Å². The number of hydrogen-bond donors (Lipinski definition) is 0. The van der Waals surface area contributed by atoms with Gasteiger partial charge in [-0.05, 0) is 25.1 Å². The van der Waals surface area contributed by atoms with Crippen LogP contribution >= 0.6 is 0 Å². The Kier molecular flexibility index (Phi) is 3.97. The molecule has 0 spiro atoms. The van der Waals surface area contributed by atoms with Gasteiger partial charge in [0.2, 0.25) is 5.91 Å². The maximum Gasteiger partial charge on any atom is 0.227 e. The highest BCUT2D eigenvalue weighted by Gasteiger charge is 2.21. The predicted molar refractivity (Wildman–Crippen MR) is 83.3 cm³/mol. The van der Waals surface area contributed by atoms with Crippen molar-refractivity contribution < 1.29 is 9.21 Å². The molecule has 0 aliphatic carbocycles. The summed E-state index contributed by atoms with van der Waals surface area (Å²) in [6, 6.07) is 6.13. The summed E-state index contributed by atoms with van der Waals surface area (Å²) in [5.74, 6) is 0.203. The second-order valence-corrected chi connectivity index (χ2v) is 5.75. The minimum Gasteiger partial charge on any atom is -0.464 e. The van der Waals surface area contributed by atoms with Gasteiger partial charge in [-0.1, -0.05) is 19.1 Å². The number of furan rings is 1. The third-order valence-electron chi connectivity index (χ3n) is 4.33. The quantitative estimate of drug-likeness (QED) is 0.869. The van der Waals surface area contributed by atoms with Gasteiger partial charge < -0.3 is 14.2 Å². The molecule has 0 radical (unpaired) electrons. The molecule has 1 fully saturated rings. The van der Waals surface area contributed by atoms with Gasteiger partial charge in [0.15, 0.2) is 0 Å². The number of nitrogens with zero attached hydrogens (tertiary/aromatic N) is 2. The summed E-state index contributed by atoms with van der Waals surface area (Å²) >= 11 is 0. The van der Waals surface area contributed by atoms with E-state index in [1.165, 1.54) is 5.56 Å². The van der Waals surface area contributed by atoms with E-state index in [-0.39, 0.29) is 5.91 Å². The largest absolute Gasteiger partial charge is 0.464 e. The minimum absolute atomic E-state index is 0.203. The molecule has 2 heterocycles. The third-order valence-corrected chi connectivity index (χ3v) is 4.33. The number of aryl methyl sites for hydroxylation is 1. The van der Waals surface area contributed by atoms with Gasteiger partial charge in [-0.2, -0.15) is 0 Å². The molecule has 1 aliphatic heterocycles. The van der Waals surface area contributed by atoms with Crippen LogP contribution in [0.25, 0.3) is 11.0 Å². The highest BCUT2D eigenvalue weighted by Crippen LogP contribution is 2.23. The Hall–Kier alpha value is -1.81. The van der Waals surface area contributed by atoms with Crippen LogP contribution in [0.2, 0.25) is 0 Å². The first kappa shape index (κ1) is 14.1. The number of hydrogen-bond acceptors (Lipinski definition) is 3. The Balaban J connectivity index is 1.69. The van der Waals surface area contributed by atoms with Crippen LogP contribution in [0.4, 0.5) is 0 Å². The van der Waals surface area contributed by atoms with Crippen LogP contribution < -0.4 is 0 Å². The van der Waals surface area contributed by atoms with E-state index in [2.05, 4.69) is 17.9 Å². The Labute approximate surface area is 125 Å². The summed E-state index contributed by atoms with van der Waals surface area (Å²) in [5, 5.41) is 1.06. The van der Waals surface area contributed by atoms with Crippen molar-refractivity contribution >= 4 is 16.9 Å². The Morgan fingerprint density at radius 2 is 2.00 bits per heavy atom. The first-order chi connectivity index (χ1) is 10.2. The molecule has 0 bridgehead atoms. The van der Waals surface area contributed by atoms with E-state index < -0.39 is 0 Å². The second kappa shape index (κ2) is 5.90. The smallest absolute Gasteiger partial charge is 0.227 e. The summed E-state index contributed by atoms with van der Waals surface area (Å²) in [6.45, 7) is 8.90. The van der Waals surface area contributed by atoms with E-state index in [1.54, 1.807) is 6.26 Å². The standard InChI is InChI=1S/C17H22N2O2/c1-3-18-6-8-19(9-7-18)17(20)11-14-12-21-16-10-13(2)4-5-15(14)16/h4-5,10,12H,3,6-9,11H2,1-2H3. The van der Waals surface area contributed by atoms with Crippen LogP contribution in [0.3, 0.4) is 0 Å². The fourth-order valence-electron chi connectivity index (χ4n) is 2.92. The molecule has 4 nitrogen and oxygen atoms in total. The summed E-state index contributed by atoms with van der Waals surface area (Å²) in [6.07, 6.45) is 2.16. The molecule has 0 saturated carbocycles. The molecule has 1 aromatic heterocycles. The molecular formula is C17H22N2O2. The van der Waals surface area contributed by atoms with Crippen molar-refractivity contribution in [3.8, 4) is 0 Å². The lowest BCUT2D eigenvalue weighted by molar-refractivity contribution is -0.132. The van der Waals surface area contributed by atoms with Crippen LogP contribution in [-0.4, -0.2) is 48.4 Å². The average molecular weight is 286 g/mol. The number of carbonyl (C=O) groups is 1. The summed E-state index contributed by atoms with van der Waals surface area (Å²) < 4.78 is 5.57. The van der Waals surface area contributed by atoms with E-state index in [0.717, 1.165) is 49.3 Å². The lowest BCUT2D eigenvalue weighted by Gasteiger charge is -2.34. The third kappa shape index (κ3) is 2.95. The molecule has 0 unspecified atom stereocenters. The number of likely N-dealkylation sites (N-methyl/N-ethyl adjacent to an activating group) is 1. The van der Waals surface area contributed by atoms with Crippen molar-refractivity contribution in [3.05, 3.63) is 35.6 Å². The number of carbonyl (C=O) groups excluding carboxylic acids is 1. The van der Waals surface area contributed by atoms with Crippen LogP contribution in [0.1, 0.15) is 18.1 Å². The van der Waals surface area contributed by atoms with Gasteiger partial charge in [0.25, 0.3) is 0 Å². The van der Waals surface area contributed by atoms with E-state index >= 15 is 0 Å². The van der Waals surface area contributed by atoms with Gasteiger partial charge in [0.1, 0.15) is 5.58 Å². The first-order valence-electron chi connectivity index (χ1n) is 7.64. The van der Waals surface area contributed by atoms with Gasteiger partial charge in [-0.25, -0.2) is 0 Å². The molecule has 1 saturated heterocycles. The van der Waals surface area contributed by atoms with Gasteiger partial charge in [0, 0.05) is 37.1 Å². The molecule has 0 N–H and O–H groups in total. The Morgan fingerprint density at radius 3 is 2.71 bits per heavy atom. The highest BCUT2D eigenvalue weighted by atomic mass is 16.3. The zero-order chi connectivity index (χ0) is 14.8. The van der Waals surface area contributed by atoms with Crippen molar-refractivity contribution in [2.45, 2.75) is 20.3 Å². The topological polar surface area (TPSA) is 36.7 Å². The summed E-state index contributed by atoms with van der Waals surface area (Å²) in [4.78, 5) is 16.8. The van der Waals surface area contributed by atoms with Gasteiger partial charge in [-0.15, -0.1) is 0 Å². The lowest BCUT2D eigenvalue weighted by atomic mass is 10.1. The molecule has 1 aliphatic rings. The Morgan fingerprint density at radius 1 is 1.24 bits per heavy atom. The molecule has 2 aromatic rings. The number of fused-ring (bicyclic) bond motifs is 1. The van der Waals surface area contributed by atoms with Crippen LogP contribution in [0, 0.1) is 6.92 Å². The maximum absolute atomic E-state index is 12.4. The van der Waals surface area contributed by atoms with E-state index in [4.69, 9.17) is 4.42 Å². The van der Waals surface area contributed by atoms with E-state index in [9.17, 15) is 4.79 Å². The molecule has 21 heavy (non-hydrogen) atoms. The van der Waals surface area contributed by atoms with Crippen LogP contribution in [0.15, 0.2) is 28.9 Å². The zero-order valence-corrected chi connectivity index (χ0v) is 12.8. The number of piperazine rings is 1. The fourth-order valence-corrected chi connectivity index (χ4v) is 2.92. The fraction of sp³-hybridized carbons (Fsp3) is 0.471. The number of amides is 1. The first-order valence-corrected chi connectivity index (χ1v) is 7.64. The normalized spacial score (nSPS) is 16.6. The summed E-state index contributed by atoms with van der Waals surface area (Å²) in [5.41, 5.74) is 3.03. The molecule has 0 atom stereocenters. The molecule has 1 amide bonds.